The number of rotatable bonds is 3. The molecule has 1 aromatic carbocycles. The highest BCUT2D eigenvalue weighted by molar-refractivity contribution is 9.10. The molecule has 0 aliphatic heterocycles. The fourth-order valence-corrected chi connectivity index (χ4v) is 1.80. The van der Waals surface area contributed by atoms with E-state index >= 15 is 0 Å². The summed E-state index contributed by atoms with van der Waals surface area (Å²) in [5.41, 5.74) is 6.05. The van der Waals surface area contributed by atoms with Crippen LogP contribution in [0.1, 0.15) is 18.7 Å². The molecule has 0 amide bonds. The topological polar surface area (TPSA) is 64.9 Å². The number of hydrogen-bond donors (Lipinski definition) is 1. The van der Waals surface area contributed by atoms with Gasteiger partial charge in [0.05, 0.1) is 0 Å². The van der Waals surface area contributed by atoms with E-state index in [0.717, 1.165) is 0 Å². The third-order valence-corrected chi connectivity index (χ3v) is 2.80. The highest BCUT2D eigenvalue weighted by Crippen LogP contribution is 2.24. The van der Waals surface area contributed by atoms with Crippen LogP contribution in [0.25, 0.3) is 11.5 Å². The standard InChI is InChI=1S/C11H11BrFN3O/c1-6(5-14)10-15-11(17-16-10)7-2-8(12)4-9(13)3-7/h2-4,6H,5,14H2,1H3. The molecule has 1 heterocycles. The maximum atomic E-state index is 13.2. The SMILES string of the molecule is CC(CN)c1noc(-c2cc(F)cc(Br)c2)n1. The molecule has 2 aromatic rings. The van der Waals surface area contributed by atoms with Crippen LogP contribution in [0.3, 0.4) is 0 Å². The number of hydrogen-bond acceptors (Lipinski definition) is 4. The highest BCUT2D eigenvalue weighted by atomic mass is 79.9. The Bertz CT molecular complexity index is 509. The summed E-state index contributed by atoms with van der Waals surface area (Å²) in [6.45, 7) is 2.34. The van der Waals surface area contributed by atoms with Gasteiger partial charge in [-0.1, -0.05) is 28.0 Å². The minimum absolute atomic E-state index is 0.0181. The molecule has 0 saturated heterocycles. The molecule has 1 aromatic heterocycles. The van der Waals surface area contributed by atoms with Gasteiger partial charge in [-0.25, -0.2) is 4.39 Å². The summed E-state index contributed by atoms with van der Waals surface area (Å²) in [6, 6.07) is 4.42. The van der Waals surface area contributed by atoms with Crippen molar-refractivity contribution in [3.8, 4) is 11.5 Å². The maximum absolute atomic E-state index is 13.2. The molecule has 2 N–H and O–H groups in total. The first-order chi connectivity index (χ1) is 8.10. The smallest absolute Gasteiger partial charge is 0.258 e. The van der Waals surface area contributed by atoms with Gasteiger partial charge in [-0.3, -0.25) is 0 Å². The van der Waals surface area contributed by atoms with E-state index in [4.69, 9.17) is 10.3 Å². The van der Waals surface area contributed by atoms with Crippen LogP contribution in [0.5, 0.6) is 0 Å². The average molecular weight is 300 g/mol. The predicted molar refractivity (Wildman–Crippen MR) is 64.9 cm³/mol. The zero-order valence-corrected chi connectivity index (χ0v) is 10.7. The first-order valence-electron chi connectivity index (χ1n) is 5.10. The van der Waals surface area contributed by atoms with Crippen LogP contribution in [0.4, 0.5) is 4.39 Å². The zero-order chi connectivity index (χ0) is 12.4. The molecule has 0 aliphatic carbocycles. The van der Waals surface area contributed by atoms with Gasteiger partial charge >= 0.3 is 0 Å². The van der Waals surface area contributed by atoms with Gasteiger partial charge in [-0.2, -0.15) is 4.98 Å². The van der Waals surface area contributed by atoms with Gasteiger partial charge in [0.1, 0.15) is 5.82 Å². The summed E-state index contributed by atoms with van der Waals surface area (Å²) in [7, 11) is 0. The van der Waals surface area contributed by atoms with E-state index in [0.29, 0.717) is 28.3 Å². The van der Waals surface area contributed by atoms with E-state index in [1.54, 1.807) is 6.07 Å². The van der Waals surface area contributed by atoms with Gasteiger partial charge in [0, 0.05) is 22.5 Å². The fourth-order valence-electron chi connectivity index (χ4n) is 1.34. The summed E-state index contributed by atoms with van der Waals surface area (Å²) in [6.07, 6.45) is 0. The van der Waals surface area contributed by atoms with E-state index in [1.165, 1.54) is 12.1 Å². The summed E-state index contributed by atoms with van der Waals surface area (Å²) in [4.78, 5) is 4.19. The molecule has 2 rings (SSSR count). The van der Waals surface area contributed by atoms with Crippen molar-refractivity contribution in [3.63, 3.8) is 0 Å². The molecule has 0 saturated carbocycles. The molecule has 0 bridgehead atoms. The van der Waals surface area contributed by atoms with Gasteiger partial charge < -0.3 is 10.3 Å². The summed E-state index contributed by atoms with van der Waals surface area (Å²) < 4.78 is 18.9. The van der Waals surface area contributed by atoms with E-state index in [9.17, 15) is 4.39 Å². The summed E-state index contributed by atoms with van der Waals surface area (Å²) in [5.74, 6) is 0.480. The molecule has 0 aliphatic rings. The quantitative estimate of drug-likeness (QED) is 0.946. The Morgan fingerprint density at radius 2 is 2.24 bits per heavy atom. The lowest BCUT2D eigenvalue weighted by Gasteiger charge is -1.99. The molecule has 1 unspecified atom stereocenters. The van der Waals surface area contributed by atoms with Crippen LogP contribution in [0.2, 0.25) is 0 Å². The van der Waals surface area contributed by atoms with E-state index in [2.05, 4.69) is 26.1 Å². The zero-order valence-electron chi connectivity index (χ0n) is 9.15. The third-order valence-electron chi connectivity index (χ3n) is 2.35. The fraction of sp³-hybridized carbons (Fsp3) is 0.273. The molecule has 17 heavy (non-hydrogen) atoms. The van der Waals surface area contributed by atoms with Gasteiger partial charge in [-0.15, -0.1) is 0 Å². The number of nitrogens with two attached hydrogens (primary N) is 1. The molecule has 90 valence electrons. The van der Waals surface area contributed by atoms with Crippen LogP contribution < -0.4 is 5.73 Å². The van der Waals surface area contributed by atoms with Crippen molar-refractivity contribution in [2.75, 3.05) is 6.54 Å². The second-order valence-corrected chi connectivity index (χ2v) is 4.67. The van der Waals surface area contributed by atoms with E-state index in [-0.39, 0.29) is 11.7 Å². The van der Waals surface area contributed by atoms with Crippen molar-refractivity contribution in [2.24, 2.45) is 5.73 Å². The van der Waals surface area contributed by atoms with Crippen molar-refractivity contribution in [1.29, 1.82) is 0 Å². The van der Waals surface area contributed by atoms with E-state index < -0.39 is 0 Å². The second kappa shape index (κ2) is 4.93. The summed E-state index contributed by atoms with van der Waals surface area (Å²) >= 11 is 3.21. The molecule has 0 spiro atoms. The van der Waals surface area contributed by atoms with Gasteiger partial charge in [0.2, 0.25) is 0 Å². The van der Waals surface area contributed by atoms with E-state index in [1.807, 2.05) is 6.92 Å². The normalized spacial score (nSPS) is 12.7. The predicted octanol–water partition coefficient (Wildman–Crippen LogP) is 2.70. The van der Waals surface area contributed by atoms with Gasteiger partial charge in [-0.05, 0) is 18.2 Å². The molecule has 4 nitrogen and oxygen atoms in total. The number of aromatic nitrogens is 2. The van der Waals surface area contributed by atoms with Crippen LogP contribution in [-0.4, -0.2) is 16.7 Å². The van der Waals surface area contributed by atoms with Crippen molar-refractivity contribution in [3.05, 3.63) is 34.3 Å². The number of nitrogens with zero attached hydrogens (tertiary/aromatic N) is 2. The first-order valence-corrected chi connectivity index (χ1v) is 5.89. The monoisotopic (exact) mass is 299 g/mol. The highest BCUT2D eigenvalue weighted by Gasteiger charge is 2.14. The van der Waals surface area contributed by atoms with Crippen molar-refractivity contribution < 1.29 is 8.91 Å². The van der Waals surface area contributed by atoms with Crippen LogP contribution >= 0.6 is 15.9 Å². The van der Waals surface area contributed by atoms with Crippen LogP contribution in [0, 0.1) is 5.82 Å². The van der Waals surface area contributed by atoms with Gasteiger partial charge in [0.25, 0.3) is 5.89 Å². The molecule has 0 fully saturated rings. The summed E-state index contributed by atoms with van der Waals surface area (Å²) in [5, 5.41) is 3.82. The number of benzene rings is 1. The Morgan fingerprint density at radius 3 is 2.88 bits per heavy atom. The molecule has 6 heteroatoms. The molecular weight excluding hydrogens is 289 g/mol. The van der Waals surface area contributed by atoms with Crippen molar-refractivity contribution in [1.82, 2.24) is 10.1 Å². The van der Waals surface area contributed by atoms with Crippen LogP contribution in [-0.2, 0) is 0 Å². The minimum atomic E-state index is -0.360. The van der Waals surface area contributed by atoms with Crippen molar-refractivity contribution >= 4 is 15.9 Å². The lowest BCUT2D eigenvalue weighted by Crippen LogP contribution is -2.10. The molecule has 0 radical (unpaired) electrons. The Morgan fingerprint density at radius 1 is 1.47 bits per heavy atom. The molecular formula is C11H11BrFN3O. The van der Waals surface area contributed by atoms with Crippen molar-refractivity contribution in [2.45, 2.75) is 12.8 Å². The third kappa shape index (κ3) is 2.70. The Balaban J connectivity index is 2.36. The number of halogens is 2. The first kappa shape index (κ1) is 12.2. The van der Waals surface area contributed by atoms with Crippen LogP contribution in [0.15, 0.2) is 27.2 Å². The Kier molecular flexibility index (Phi) is 3.54. The largest absolute Gasteiger partial charge is 0.334 e. The van der Waals surface area contributed by atoms with Gasteiger partial charge in [0.15, 0.2) is 5.82 Å². The molecule has 1 atom stereocenters. The lowest BCUT2D eigenvalue weighted by molar-refractivity contribution is 0.417. The second-order valence-electron chi connectivity index (χ2n) is 3.75. The Hall–Kier alpha value is -1.27. The maximum Gasteiger partial charge on any atom is 0.258 e. The Labute approximate surface area is 106 Å². The minimum Gasteiger partial charge on any atom is -0.334 e. The average Bonchev–Trinajstić information content (AvgIpc) is 2.76. The lowest BCUT2D eigenvalue weighted by atomic mass is 10.2.